The highest BCUT2D eigenvalue weighted by Gasteiger charge is 2.12. The number of hydrogen-bond acceptors (Lipinski definition) is 6. The van der Waals surface area contributed by atoms with Gasteiger partial charge < -0.3 is 20.6 Å². The van der Waals surface area contributed by atoms with E-state index in [9.17, 15) is 4.79 Å². The molecule has 0 spiro atoms. The molecule has 29 heavy (non-hydrogen) atoms. The number of rotatable bonds is 6. The van der Waals surface area contributed by atoms with Crippen molar-refractivity contribution in [3.05, 3.63) is 66.0 Å². The predicted molar refractivity (Wildman–Crippen MR) is 115 cm³/mol. The summed E-state index contributed by atoms with van der Waals surface area (Å²) in [6.45, 7) is 4.06. The number of hydrogen-bond donors (Lipinski definition) is 3. The third-order valence-corrected chi connectivity index (χ3v) is 4.83. The number of benzene rings is 2. The van der Waals surface area contributed by atoms with E-state index in [1.54, 1.807) is 30.3 Å². The summed E-state index contributed by atoms with van der Waals surface area (Å²) in [5, 5.41) is 15.6. The smallest absolute Gasteiger partial charge is 0.335 e. The first-order valence-corrected chi connectivity index (χ1v) is 9.65. The Kier molecular flexibility index (Phi) is 5.29. The molecule has 2 heterocycles. The van der Waals surface area contributed by atoms with Gasteiger partial charge in [-0.2, -0.15) is 0 Å². The second-order valence-corrected chi connectivity index (χ2v) is 7.06. The molecular formula is C22H23N5O2. The van der Waals surface area contributed by atoms with Crippen molar-refractivity contribution in [1.82, 2.24) is 9.97 Å². The van der Waals surface area contributed by atoms with E-state index in [2.05, 4.69) is 49.8 Å². The number of nitrogens with one attached hydrogen (secondary N) is 2. The van der Waals surface area contributed by atoms with Crippen molar-refractivity contribution in [3.8, 4) is 0 Å². The number of aromatic carboxylic acids is 1. The fraction of sp³-hybridized carbons (Fsp3) is 0.227. The maximum atomic E-state index is 11.2. The molecule has 0 atom stereocenters. The van der Waals surface area contributed by atoms with Crippen LogP contribution in [0, 0.1) is 6.92 Å². The third kappa shape index (κ3) is 4.63. The molecule has 0 saturated carbocycles. The molecule has 3 N–H and O–H groups in total. The van der Waals surface area contributed by atoms with Gasteiger partial charge in [0.1, 0.15) is 17.5 Å². The highest BCUT2D eigenvalue weighted by atomic mass is 16.4. The number of anilines is 5. The zero-order valence-corrected chi connectivity index (χ0v) is 16.2. The van der Waals surface area contributed by atoms with Gasteiger partial charge in [-0.15, -0.1) is 0 Å². The van der Waals surface area contributed by atoms with Gasteiger partial charge >= 0.3 is 5.97 Å². The van der Waals surface area contributed by atoms with E-state index in [4.69, 9.17) is 5.11 Å². The van der Waals surface area contributed by atoms with E-state index in [1.165, 1.54) is 18.5 Å². The fourth-order valence-corrected chi connectivity index (χ4v) is 3.45. The Balaban J connectivity index is 1.49. The normalized spacial score (nSPS) is 13.3. The van der Waals surface area contributed by atoms with Crippen molar-refractivity contribution in [2.45, 2.75) is 19.8 Å². The maximum absolute atomic E-state index is 11.2. The Hall–Kier alpha value is -3.61. The predicted octanol–water partition coefficient (Wildman–Crippen LogP) is 4.57. The van der Waals surface area contributed by atoms with Crippen molar-refractivity contribution in [1.29, 1.82) is 0 Å². The number of carbonyl (C=O) groups is 1. The van der Waals surface area contributed by atoms with Gasteiger partial charge in [-0.1, -0.05) is 6.07 Å². The number of aryl methyl sites for hydroxylation is 1. The van der Waals surface area contributed by atoms with Gasteiger partial charge in [-0.3, -0.25) is 0 Å². The van der Waals surface area contributed by atoms with Gasteiger partial charge in [0.2, 0.25) is 0 Å². The molecule has 1 aliphatic heterocycles. The molecule has 0 unspecified atom stereocenters. The van der Waals surface area contributed by atoms with Crippen molar-refractivity contribution >= 4 is 34.7 Å². The van der Waals surface area contributed by atoms with Crippen LogP contribution in [0.4, 0.5) is 28.7 Å². The Morgan fingerprint density at radius 2 is 1.59 bits per heavy atom. The van der Waals surface area contributed by atoms with Crippen LogP contribution >= 0.6 is 0 Å². The largest absolute Gasteiger partial charge is 0.478 e. The Labute approximate surface area is 169 Å². The van der Waals surface area contributed by atoms with Crippen molar-refractivity contribution in [3.63, 3.8) is 0 Å². The molecule has 7 nitrogen and oxygen atoms in total. The van der Waals surface area contributed by atoms with Gasteiger partial charge in [0, 0.05) is 36.2 Å². The fourth-order valence-electron chi connectivity index (χ4n) is 3.45. The first-order valence-electron chi connectivity index (χ1n) is 9.65. The average molecular weight is 389 g/mol. The maximum Gasteiger partial charge on any atom is 0.335 e. The van der Waals surface area contributed by atoms with Gasteiger partial charge in [0.25, 0.3) is 0 Å². The summed E-state index contributed by atoms with van der Waals surface area (Å²) in [6.07, 6.45) is 2.51. The first-order chi connectivity index (χ1) is 14.1. The molecule has 3 aromatic rings. The van der Waals surface area contributed by atoms with E-state index < -0.39 is 5.97 Å². The van der Waals surface area contributed by atoms with E-state index in [-0.39, 0.29) is 5.56 Å². The van der Waals surface area contributed by atoms with Crippen LogP contribution in [0.2, 0.25) is 0 Å². The van der Waals surface area contributed by atoms with Crippen molar-refractivity contribution in [2.24, 2.45) is 0 Å². The summed E-state index contributed by atoms with van der Waals surface area (Å²) in [5.41, 5.74) is 3.07. The van der Waals surface area contributed by atoms with Crippen LogP contribution in [0.1, 0.15) is 29.0 Å². The van der Waals surface area contributed by atoms with Gasteiger partial charge in [-0.25, -0.2) is 14.8 Å². The molecule has 0 aliphatic carbocycles. The highest BCUT2D eigenvalue weighted by molar-refractivity contribution is 5.89. The summed E-state index contributed by atoms with van der Waals surface area (Å²) in [5.74, 6) is 0.910. The van der Waals surface area contributed by atoms with E-state index in [0.29, 0.717) is 23.1 Å². The second kappa shape index (κ2) is 8.18. The van der Waals surface area contributed by atoms with Crippen molar-refractivity contribution in [2.75, 3.05) is 28.6 Å². The van der Waals surface area contributed by atoms with Crippen LogP contribution in [-0.2, 0) is 0 Å². The topological polar surface area (TPSA) is 90.4 Å². The molecule has 0 bridgehead atoms. The SMILES string of the molecule is Cc1nc(Nc2ccc(N3CCCC3)cc2)cc(Nc2cccc(C(=O)O)c2)n1. The van der Waals surface area contributed by atoms with Gasteiger partial charge in [0.05, 0.1) is 5.56 Å². The molecule has 1 fully saturated rings. The van der Waals surface area contributed by atoms with Crippen LogP contribution in [0.15, 0.2) is 54.6 Å². The molecular weight excluding hydrogens is 366 g/mol. The summed E-state index contributed by atoms with van der Waals surface area (Å²) in [6, 6.07) is 16.8. The lowest BCUT2D eigenvalue weighted by atomic mass is 10.2. The summed E-state index contributed by atoms with van der Waals surface area (Å²) < 4.78 is 0. The molecule has 1 aliphatic rings. The molecule has 7 heteroatoms. The minimum atomic E-state index is -0.966. The zero-order chi connectivity index (χ0) is 20.2. The van der Waals surface area contributed by atoms with Gasteiger partial charge in [-0.05, 0) is 62.2 Å². The molecule has 0 radical (unpaired) electrons. The lowest BCUT2D eigenvalue weighted by molar-refractivity contribution is 0.0697. The van der Waals surface area contributed by atoms with Crippen molar-refractivity contribution < 1.29 is 9.90 Å². The summed E-state index contributed by atoms with van der Waals surface area (Å²) in [7, 11) is 0. The number of carboxylic acids is 1. The lowest BCUT2D eigenvalue weighted by Crippen LogP contribution is -2.17. The van der Waals surface area contributed by atoms with Crippen LogP contribution in [-0.4, -0.2) is 34.1 Å². The Morgan fingerprint density at radius 1 is 0.931 bits per heavy atom. The molecule has 4 rings (SSSR count). The molecule has 1 aromatic heterocycles. The Morgan fingerprint density at radius 3 is 2.24 bits per heavy atom. The van der Waals surface area contributed by atoms with E-state index in [1.807, 2.05) is 6.92 Å². The Bertz CT molecular complexity index is 1010. The zero-order valence-electron chi connectivity index (χ0n) is 16.2. The number of carboxylic acid groups (broad SMARTS) is 1. The molecule has 148 valence electrons. The van der Waals surface area contributed by atoms with Crippen LogP contribution in [0.3, 0.4) is 0 Å². The molecule has 0 amide bonds. The van der Waals surface area contributed by atoms with Crippen LogP contribution < -0.4 is 15.5 Å². The summed E-state index contributed by atoms with van der Waals surface area (Å²) in [4.78, 5) is 22.4. The number of nitrogens with zero attached hydrogens (tertiary/aromatic N) is 3. The lowest BCUT2D eigenvalue weighted by Gasteiger charge is -2.18. The molecule has 1 saturated heterocycles. The summed E-state index contributed by atoms with van der Waals surface area (Å²) >= 11 is 0. The van der Waals surface area contributed by atoms with Crippen LogP contribution in [0.5, 0.6) is 0 Å². The monoisotopic (exact) mass is 389 g/mol. The van der Waals surface area contributed by atoms with E-state index >= 15 is 0 Å². The minimum absolute atomic E-state index is 0.220. The quantitative estimate of drug-likeness (QED) is 0.569. The third-order valence-electron chi connectivity index (χ3n) is 4.83. The van der Waals surface area contributed by atoms with Gasteiger partial charge in [0.15, 0.2) is 0 Å². The number of aromatic nitrogens is 2. The van der Waals surface area contributed by atoms with Crippen LogP contribution in [0.25, 0.3) is 0 Å². The molecule has 2 aromatic carbocycles. The second-order valence-electron chi connectivity index (χ2n) is 7.06. The standard InChI is InChI=1S/C22H23N5O2/c1-15-23-20(25-17-7-9-19(10-8-17)27-11-2-3-12-27)14-21(24-15)26-18-6-4-5-16(13-18)22(28)29/h4-10,13-14H,2-3,11-12H2,1H3,(H,28,29)(H2,23,24,25,26). The highest BCUT2D eigenvalue weighted by Crippen LogP contribution is 2.25. The average Bonchev–Trinajstić information content (AvgIpc) is 3.23. The first kappa shape index (κ1) is 18.7. The minimum Gasteiger partial charge on any atom is -0.478 e. The van der Waals surface area contributed by atoms with E-state index in [0.717, 1.165) is 18.8 Å².